The van der Waals surface area contributed by atoms with Gasteiger partial charge in [-0.15, -0.1) is 0 Å². The number of rotatable bonds is 7. The molecule has 0 radical (unpaired) electrons. The van der Waals surface area contributed by atoms with Crippen LogP contribution in [0.5, 0.6) is 0 Å². The Morgan fingerprint density at radius 2 is 1.32 bits per heavy atom. The maximum Gasteiger partial charge on any atom is 0.408 e. The van der Waals surface area contributed by atoms with Crippen molar-refractivity contribution in [3.05, 3.63) is 71.8 Å². The Hall–Kier alpha value is -3.35. The van der Waals surface area contributed by atoms with E-state index in [1.54, 1.807) is 54.6 Å². The van der Waals surface area contributed by atoms with Gasteiger partial charge in [-0.2, -0.15) is 0 Å². The van der Waals surface area contributed by atoms with Crippen molar-refractivity contribution in [3.8, 4) is 0 Å². The lowest BCUT2D eigenvalue weighted by Gasteiger charge is -2.14. The number of nitrogens with one attached hydrogen (secondary N) is 1. The molecule has 0 heterocycles. The summed E-state index contributed by atoms with van der Waals surface area (Å²) in [5.74, 6) is -2.61. The van der Waals surface area contributed by atoms with E-state index in [-0.39, 0.29) is 13.2 Å². The molecule has 2 N–H and O–H groups in total. The molecule has 0 aromatic heterocycles. The summed E-state index contributed by atoms with van der Waals surface area (Å²) in [6.45, 7) is -0.137. The van der Waals surface area contributed by atoms with Crippen LogP contribution in [0.25, 0.3) is 0 Å². The first-order chi connectivity index (χ1) is 12.1. The molecule has 0 saturated heterocycles. The topological polar surface area (TPSA) is 102 Å². The summed E-state index contributed by atoms with van der Waals surface area (Å²) in [6, 6.07) is 15.8. The van der Waals surface area contributed by atoms with Gasteiger partial charge in [-0.1, -0.05) is 60.7 Å². The van der Waals surface area contributed by atoms with E-state index >= 15 is 0 Å². The third kappa shape index (κ3) is 5.98. The molecule has 7 nitrogen and oxygen atoms in total. The Balaban J connectivity index is 1.85. The first kappa shape index (κ1) is 18.0. The molecular formula is C18H17NO6. The molecule has 2 aromatic carbocycles. The van der Waals surface area contributed by atoms with Gasteiger partial charge in [-0.3, -0.25) is 5.32 Å². The fourth-order valence-electron chi connectivity index (χ4n) is 1.92. The maximum absolute atomic E-state index is 11.9. The standard InChI is InChI=1S/C18H17NO6/c20-16(21)15(17(22)24-11-13-7-3-1-4-8-13)19-18(23)25-12-14-9-5-2-6-10-14/h1-10,15H,11-12H2,(H,19,23)(H,20,21)/t15-/m0/s1. The SMILES string of the molecule is O=C(N[C@@H](C(=O)O)C(=O)OCc1ccccc1)OCc1ccccc1. The summed E-state index contributed by atoms with van der Waals surface area (Å²) in [7, 11) is 0. The number of carboxylic acid groups (broad SMARTS) is 1. The van der Waals surface area contributed by atoms with Gasteiger partial charge in [0.1, 0.15) is 13.2 Å². The second kappa shape index (κ2) is 9.07. The molecule has 0 saturated carbocycles. The lowest BCUT2D eigenvalue weighted by molar-refractivity contribution is -0.155. The molecule has 0 spiro atoms. The van der Waals surface area contributed by atoms with E-state index in [4.69, 9.17) is 14.6 Å². The number of hydrogen-bond donors (Lipinski definition) is 2. The zero-order valence-corrected chi connectivity index (χ0v) is 13.3. The van der Waals surface area contributed by atoms with Gasteiger partial charge in [0.05, 0.1) is 0 Å². The maximum atomic E-state index is 11.9. The number of carbonyl (C=O) groups excluding carboxylic acids is 2. The number of esters is 1. The van der Waals surface area contributed by atoms with Crippen LogP contribution in [-0.4, -0.2) is 29.2 Å². The number of benzene rings is 2. The van der Waals surface area contributed by atoms with E-state index in [2.05, 4.69) is 0 Å². The molecule has 25 heavy (non-hydrogen) atoms. The van der Waals surface area contributed by atoms with Gasteiger partial charge in [0, 0.05) is 0 Å². The first-order valence-electron chi connectivity index (χ1n) is 7.47. The van der Waals surface area contributed by atoms with Crippen molar-refractivity contribution >= 4 is 18.0 Å². The van der Waals surface area contributed by atoms with E-state index in [1.165, 1.54) is 0 Å². The molecule has 2 aromatic rings. The highest BCUT2D eigenvalue weighted by Gasteiger charge is 2.30. The summed E-state index contributed by atoms with van der Waals surface area (Å²) in [5, 5.41) is 11.1. The largest absolute Gasteiger partial charge is 0.479 e. The fourth-order valence-corrected chi connectivity index (χ4v) is 1.92. The van der Waals surface area contributed by atoms with Gasteiger partial charge >= 0.3 is 18.0 Å². The van der Waals surface area contributed by atoms with Crippen molar-refractivity contribution in [1.29, 1.82) is 0 Å². The van der Waals surface area contributed by atoms with E-state index < -0.39 is 24.1 Å². The summed E-state index contributed by atoms with van der Waals surface area (Å²) in [6.07, 6.45) is -1.02. The van der Waals surface area contributed by atoms with Crippen LogP contribution in [0.3, 0.4) is 0 Å². The van der Waals surface area contributed by atoms with Gasteiger partial charge in [0.2, 0.25) is 6.04 Å². The summed E-state index contributed by atoms with van der Waals surface area (Å²) < 4.78 is 9.83. The Morgan fingerprint density at radius 3 is 1.80 bits per heavy atom. The van der Waals surface area contributed by atoms with Crippen LogP contribution in [0, 0.1) is 0 Å². The molecule has 0 aliphatic carbocycles. The van der Waals surface area contributed by atoms with Crippen molar-refractivity contribution in [3.63, 3.8) is 0 Å². The lowest BCUT2D eigenvalue weighted by atomic mass is 10.2. The van der Waals surface area contributed by atoms with Gasteiger partial charge in [0.25, 0.3) is 0 Å². The average molecular weight is 343 g/mol. The highest BCUT2D eigenvalue weighted by atomic mass is 16.6. The molecule has 0 aliphatic heterocycles. The summed E-state index contributed by atoms with van der Waals surface area (Å²) in [5.41, 5.74) is 1.43. The molecule has 130 valence electrons. The molecule has 0 aliphatic rings. The quantitative estimate of drug-likeness (QED) is 0.590. The number of aliphatic carboxylic acids is 1. The van der Waals surface area contributed by atoms with Crippen LogP contribution < -0.4 is 5.32 Å². The second-order valence-corrected chi connectivity index (χ2v) is 5.07. The molecule has 0 bridgehead atoms. The van der Waals surface area contributed by atoms with Crippen molar-refractivity contribution in [2.75, 3.05) is 0 Å². The fraction of sp³-hybridized carbons (Fsp3) is 0.167. The minimum absolute atomic E-state index is 0.0436. The molecular weight excluding hydrogens is 326 g/mol. The van der Waals surface area contributed by atoms with E-state index in [0.717, 1.165) is 5.56 Å². The van der Waals surface area contributed by atoms with Crippen LogP contribution >= 0.6 is 0 Å². The number of ether oxygens (including phenoxy) is 2. The molecule has 2 rings (SSSR count). The van der Waals surface area contributed by atoms with Crippen LogP contribution in [0.2, 0.25) is 0 Å². The van der Waals surface area contributed by atoms with Gasteiger partial charge in [0.15, 0.2) is 0 Å². The number of amides is 1. The zero-order valence-electron chi connectivity index (χ0n) is 13.3. The van der Waals surface area contributed by atoms with Crippen LogP contribution in [0.4, 0.5) is 4.79 Å². The van der Waals surface area contributed by atoms with E-state index in [9.17, 15) is 14.4 Å². The minimum atomic E-state index is -1.84. The highest BCUT2D eigenvalue weighted by molar-refractivity contribution is 6.00. The number of carboxylic acids is 1. The number of carbonyl (C=O) groups is 3. The first-order valence-corrected chi connectivity index (χ1v) is 7.47. The van der Waals surface area contributed by atoms with Gasteiger partial charge in [-0.05, 0) is 11.1 Å². The van der Waals surface area contributed by atoms with Crippen molar-refractivity contribution in [2.45, 2.75) is 19.3 Å². The zero-order chi connectivity index (χ0) is 18.1. The Labute approximate surface area is 144 Å². The summed E-state index contributed by atoms with van der Waals surface area (Å²) >= 11 is 0. The Bertz CT molecular complexity index is 717. The van der Waals surface area contributed by atoms with Gasteiger partial charge < -0.3 is 14.6 Å². The monoisotopic (exact) mass is 343 g/mol. The smallest absolute Gasteiger partial charge is 0.408 e. The molecule has 0 unspecified atom stereocenters. The molecule has 7 heteroatoms. The molecule has 1 atom stereocenters. The van der Waals surface area contributed by atoms with E-state index in [1.807, 2.05) is 11.4 Å². The van der Waals surface area contributed by atoms with Crippen molar-refractivity contribution in [1.82, 2.24) is 5.32 Å². The van der Waals surface area contributed by atoms with Crippen LogP contribution in [-0.2, 0) is 32.3 Å². The second-order valence-electron chi connectivity index (χ2n) is 5.07. The number of alkyl carbamates (subject to hydrolysis) is 1. The van der Waals surface area contributed by atoms with E-state index in [0.29, 0.717) is 5.56 Å². The average Bonchev–Trinajstić information content (AvgIpc) is 2.64. The normalized spacial score (nSPS) is 11.2. The predicted octanol–water partition coefficient (Wildman–Crippen LogP) is 2.11. The summed E-state index contributed by atoms with van der Waals surface area (Å²) in [4.78, 5) is 34.8. The Kier molecular flexibility index (Phi) is 6.53. The molecule has 1 amide bonds. The van der Waals surface area contributed by atoms with Crippen LogP contribution in [0.15, 0.2) is 60.7 Å². The predicted molar refractivity (Wildman–Crippen MR) is 87.4 cm³/mol. The van der Waals surface area contributed by atoms with Crippen molar-refractivity contribution in [2.24, 2.45) is 0 Å². The van der Waals surface area contributed by atoms with Gasteiger partial charge in [-0.25, -0.2) is 14.4 Å². The number of hydrogen-bond acceptors (Lipinski definition) is 5. The van der Waals surface area contributed by atoms with Crippen LogP contribution in [0.1, 0.15) is 11.1 Å². The molecule has 0 fully saturated rings. The Morgan fingerprint density at radius 1 is 0.840 bits per heavy atom. The highest BCUT2D eigenvalue weighted by Crippen LogP contribution is 2.04. The van der Waals surface area contributed by atoms with Crippen molar-refractivity contribution < 1.29 is 29.0 Å². The lowest BCUT2D eigenvalue weighted by Crippen LogP contribution is -2.47. The third-order valence-electron chi connectivity index (χ3n) is 3.18. The third-order valence-corrected chi connectivity index (χ3v) is 3.18. The minimum Gasteiger partial charge on any atom is -0.479 e.